The van der Waals surface area contributed by atoms with Gasteiger partial charge in [-0.25, -0.2) is 4.39 Å². The van der Waals surface area contributed by atoms with E-state index in [1.54, 1.807) is 24.9 Å². The van der Waals surface area contributed by atoms with Crippen LogP contribution in [-0.2, 0) is 7.05 Å². The Morgan fingerprint density at radius 3 is 2.89 bits per heavy atom. The topological polar surface area (TPSA) is 72.7 Å². The summed E-state index contributed by atoms with van der Waals surface area (Å²) in [6.07, 6.45) is 3.90. The highest BCUT2D eigenvalue weighted by Crippen LogP contribution is 2.09. The van der Waals surface area contributed by atoms with E-state index in [4.69, 9.17) is 0 Å². The number of aryl methyl sites for hydroxylation is 1. The van der Waals surface area contributed by atoms with Crippen molar-refractivity contribution in [3.8, 4) is 0 Å². The molecule has 0 aliphatic heterocycles. The van der Waals surface area contributed by atoms with Crippen LogP contribution in [0.5, 0.6) is 0 Å². The van der Waals surface area contributed by atoms with Gasteiger partial charge in [0.2, 0.25) is 0 Å². The molecule has 0 aliphatic rings. The van der Waals surface area contributed by atoms with Crippen LogP contribution in [0.3, 0.4) is 0 Å². The Bertz CT molecular complexity index is 568. The van der Waals surface area contributed by atoms with Gasteiger partial charge >= 0.3 is 0 Å². The van der Waals surface area contributed by atoms with Gasteiger partial charge in [-0.2, -0.15) is 0 Å². The van der Waals surface area contributed by atoms with Gasteiger partial charge in [-0.15, -0.1) is 10.2 Å². The highest BCUT2D eigenvalue weighted by Gasteiger charge is 2.15. The lowest BCUT2D eigenvalue weighted by molar-refractivity contribution is 0.0937. The minimum absolute atomic E-state index is 0.170. The van der Waals surface area contributed by atoms with Gasteiger partial charge in [0.1, 0.15) is 12.1 Å². The zero-order valence-electron chi connectivity index (χ0n) is 9.96. The maximum atomic E-state index is 12.9. The molecule has 0 aliphatic carbocycles. The summed E-state index contributed by atoms with van der Waals surface area (Å²) in [7, 11) is 1.78. The molecule has 0 unspecified atom stereocenters. The SMILES string of the molecule is C[C@H](NC(=O)c1cncc(F)c1)c1nncn1C. The number of hydrogen-bond acceptors (Lipinski definition) is 4. The summed E-state index contributed by atoms with van der Waals surface area (Å²) in [6.45, 7) is 1.77. The summed E-state index contributed by atoms with van der Waals surface area (Å²) in [4.78, 5) is 15.5. The summed E-state index contributed by atoms with van der Waals surface area (Å²) < 4.78 is 14.6. The number of nitrogens with one attached hydrogen (secondary N) is 1. The quantitative estimate of drug-likeness (QED) is 0.874. The number of rotatable bonds is 3. The molecule has 18 heavy (non-hydrogen) atoms. The second kappa shape index (κ2) is 4.91. The van der Waals surface area contributed by atoms with Gasteiger partial charge in [-0.3, -0.25) is 9.78 Å². The molecule has 2 rings (SSSR count). The molecular weight excluding hydrogens is 237 g/mol. The second-order valence-electron chi connectivity index (χ2n) is 3.89. The van der Waals surface area contributed by atoms with Crippen molar-refractivity contribution >= 4 is 5.91 Å². The van der Waals surface area contributed by atoms with E-state index < -0.39 is 11.7 Å². The van der Waals surface area contributed by atoms with E-state index >= 15 is 0 Å². The van der Waals surface area contributed by atoms with Gasteiger partial charge in [0.05, 0.1) is 17.8 Å². The fourth-order valence-corrected chi connectivity index (χ4v) is 1.56. The van der Waals surface area contributed by atoms with Crippen molar-refractivity contribution in [2.75, 3.05) is 0 Å². The average molecular weight is 249 g/mol. The summed E-state index contributed by atoms with van der Waals surface area (Å²) in [5.74, 6) is -0.334. The van der Waals surface area contributed by atoms with Gasteiger partial charge in [0.15, 0.2) is 5.82 Å². The minimum Gasteiger partial charge on any atom is -0.342 e. The van der Waals surface area contributed by atoms with E-state index in [1.807, 2.05) is 0 Å². The molecule has 1 N–H and O–H groups in total. The van der Waals surface area contributed by atoms with Crippen LogP contribution in [-0.4, -0.2) is 25.7 Å². The van der Waals surface area contributed by atoms with E-state index in [1.165, 1.54) is 6.20 Å². The van der Waals surface area contributed by atoms with Crippen molar-refractivity contribution in [1.82, 2.24) is 25.1 Å². The molecule has 0 radical (unpaired) electrons. The molecule has 0 fully saturated rings. The first-order valence-electron chi connectivity index (χ1n) is 5.33. The lowest BCUT2D eigenvalue weighted by Crippen LogP contribution is -2.28. The van der Waals surface area contributed by atoms with Crippen LogP contribution in [0, 0.1) is 5.82 Å². The van der Waals surface area contributed by atoms with Crippen molar-refractivity contribution in [3.05, 3.63) is 42.0 Å². The first-order chi connectivity index (χ1) is 8.58. The smallest absolute Gasteiger partial charge is 0.253 e. The van der Waals surface area contributed by atoms with Crippen molar-refractivity contribution in [2.45, 2.75) is 13.0 Å². The molecule has 0 saturated heterocycles. The van der Waals surface area contributed by atoms with E-state index in [2.05, 4.69) is 20.5 Å². The highest BCUT2D eigenvalue weighted by atomic mass is 19.1. The Kier molecular flexibility index (Phi) is 3.31. The molecule has 0 bridgehead atoms. The number of nitrogens with zero attached hydrogens (tertiary/aromatic N) is 4. The number of halogens is 1. The molecule has 0 saturated carbocycles. The lowest BCUT2D eigenvalue weighted by atomic mass is 10.2. The van der Waals surface area contributed by atoms with E-state index in [0.29, 0.717) is 5.82 Å². The predicted molar refractivity (Wildman–Crippen MR) is 61.1 cm³/mol. The Balaban J connectivity index is 2.10. The molecule has 7 heteroatoms. The maximum absolute atomic E-state index is 12.9. The summed E-state index contributed by atoms with van der Waals surface area (Å²) >= 11 is 0. The molecule has 2 aromatic heterocycles. The molecular formula is C11H12FN5O. The van der Waals surface area contributed by atoms with Gasteiger partial charge in [-0.1, -0.05) is 0 Å². The van der Waals surface area contributed by atoms with Crippen molar-refractivity contribution < 1.29 is 9.18 Å². The van der Waals surface area contributed by atoms with Crippen LogP contribution in [0.15, 0.2) is 24.8 Å². The Hall–Kier alpha value is -2.31. The Morgan fingerprint density at radius 2 is 2.28 bits per heavy atom. The van der Waals surface area contributed by atoms with Crippen LogP contribution in [0.4, 0.5) is 4.39 Å². The normalized spacial score (nSPS) is 12.2. The monoisotopic (exact) mass is 249 g/mol. The largest absolute Gasteiger partial charge is 0.342 e. The van der Waals surface area contributed by atoms with Crippen LogP contribution >= 0.6 is 0 Å². The third-order valence-corrected chi connectivity index (χ3v) is 2.45. The molecule has 2 aromatic rings. The zero-order chi connectivity index (χ0) is 13.1. The molecule has 0 spiro atoms. The molecule has 1 atom stereocenters. The van der Waals surface area contributed by atoms with Crippen molar-refractivity contribution in [2.24, 2.45) is 7.05 Å². The first kappa shape index (κ1) is 12.2. The number of aromatic nitrogens is 4. The van der Waals surface area contributed by atoms with E-state index in [0.717, 1.165) is 12.3 Å². The van der Waals surface area contributed by atoms with Crippen LogP contribution in [0.1, 0.15) is 29.1 Å². The first-order valence-corrected chi connectivity index (χ1v) is 5.33. The van der Waals surface area contributed by atoms with E-state index in [9.17, 15) is 9.18 Å². The fraction of sp³-hybridized carbons (Fsp3) is 0.273. The maximum Gasteiger partial charge on any atom is 0.253 e. The fourth-order valence-electron chi connectivity index (χ4n) is 1.56. The van der Waals surface area contributed by atoms with Crippen LogP contribution in [0.2, 0.25) is 0 Å². The standard InChI is InChI=1S/C11H12FN5O/c1-7(10-16-14-6-17(10)2)15-11(18)8-3-9(12)5-13-4-8/h3-7H,1-2H3,(H,15,18)/t7-/m0/s1. The molecule has 6 nitrogen and oxygen atoms in total. The van der Waals surface area contributed by atoms with Gasteiger partial charge < -0.3 is 9.88 Å². The van der Waals surface area contributed by atoms with E-state index in [-0.39, 0.29) is 11.6 Å². The third-order valence-electron chi connectivity index (χ3n) is 2.45. The number of pyridine rings is 1. The van der Waals surface area contributed by atoms with Gasteiger partial charge in [-0.05, 0) is 13.0 Å². The minimum atomic E-state index is -0.547. The third kappa shape index (κ3) is 2.50. The Morgan fingerprint density at radius 1 is 1.50 bits per heavy atom. The Labute approximate surface area is 103 Å². The zero-order valence-corrected chi connectivity index (χ0v) is 9.96. The lowest BCUT2D eigenvalue weighted by Gasteiger charge is -2.12. The highest BCUT2D eigenvalue weighted by molar-refractivity contribution is 5.94. The van der Waals surface area contributed by atoms with Crippen molar-refractivity contribution in [1.29, 1.82) is 0 Å². The average Bonchev–Trinajstić information content (AvgIpc) is 2.75. The summed E-state index contributed by atoms with van der Waals surface area (Å²) in [6, 6.07) is 0.805. The van der Waals surface area contributed by atoms with Crippen LogP contribution < -0.4 is 5.32 Å². The summed E-state index contributed by atoms with van der Waals surface area (Å²) in [5.41, 5.74) is 0.170. The van der Waals surface area contributed by atoms with Crippen LogP contribution in [0.25, 0.3) is 0 Å². The number of amides is 1. The number of hydrogen-bond donors (Lipinski definition) is 1. The van der Waals surface area contributed by atoms with Gasteiger partial charge in [0, 0.05) is 13.2 Å². The molecule has 0 aromatic carbocycles. The molecule has 1 amide bonds. The number of carbonyl (C=O) groups excluding carboxylic acids is 1. The second-order valence-corrected chi connectivity index (χ2v) is 3.89. The molecule has 2 heterocycles. The number of carbonyl (C=O) groups is 1. The predicted octanol–water partition coefficient (Wildman–Crippen LogP) is 0.840. The van der Waals surface area contributed by atoms with Crippen molar-refractivity contribution in [3.63, 3.8) is 0 Å². The summed E-state index contributed by atoms with van der Waals surface area (Å²) in [5, 5.41) is 10.3. The molecule has 94 valence electrons. The van der Waals surface area contributed by atoms with Gasteiger partial charge in [0.25, 0.3) is 5.91 Å².